The first-order chi connectivity index (χ1) is 7.47. The molecule has 1 aliphatic rings. The highest BCUT2D eigenvalue weighted by Gasteiger charge is 2.44. The summed E-state index contributed by atoms with van der Waals surface area (Å²) < 4.78 is 14.6. The van der Waals surface area contributed by atoms with Gasteiger partial charge >= 0.3 is 5.97 Å². The van der Waals surface area contributed by atoms with Crippen LogP contribution in [0.15, 0.2) is 0 Å². The number of rotatable bonds is 3. The molecule has 94 valence electrons. The van der Waals surface area contributed by atoms with E-state index in [-0.39, 0.29) is 6.61 Å². The van der Waals surface area contributed by atoms with Crippen molar-refractivity contribution in [2.75, 3.05) is 13.7 Å². The second-order valence-corrected chi connectivity index (χ2v) is 3.55. The normalized spacial score (nSPS) is 39.4. The summed E-state index contributed by atoms with van der Waals surface area (Å²) in [6.45, 7) is 1.01. The minimum absolute atomic E-state index is 0.208. The highest BCUT2D eigenvalue weighted by atomic mass is 16.7. The Labute approximate surface area is 92.5 Å². The molecule has 7 nitrogen and oxygen atoms in total. The van der Waals surface area contributed by atoms with Gasteiger partial charge in [0, 0.05) is 14.0 Å². The van der Waals surface area contributed by atoms with Crippen LogP contribution in [0.3, 0.4) is 0 Å². The Bertz CT molecular complexity index is 242. The van der Waals surface area contributed by atoms with Crippen molar-refractivity contribution in [3.05, 3.63) is 0 Å². The molecule has 1 saturated heterocycles. The summed E-state index contributed by atoms with van der Waals surface area (Å²) >= 11 is 0. The first-order valence-electron chi connectivity index (χ1n) is 4.83. The van der Waals surface area contributed by atoms with Gasteiger partial charge in [0.1, 0.15) is 31.0 Å². The highest BCUT2D eigenvalue weighted by molar-refractivity contribution is 5.65. The molecule has 0 radical (unpaired) electrons. The van der Waals surface area contributed by atoms with Crippen LogP contribution in [0.25, 0.3) is 0 Å². The molecule has 0 bridgehead atoms. The van der Waals surface area contributed by atoms with Gasteiger partial charge in [0.05, 0.1) is 0 Å². The molecule has 5 atom stereocenters. The maximum Gasteiger partial charge on any atom is 0.302 e. The van der Waals surface area contributed by atoms with Crippen LogP contribution >= 0.6 is 0 Å². The Morgan fingerprint density at radius 1 is 1.25 bits per heavy atom. The standard InChI is InChI=1S/C9H16O7/c1-4(10)15-3-5-6(11)7(12)8(13)9(14-2)16-5/h5-9,11-13H,3H2,1-2H3/t5-,6-,7-,8+,9-/m1/s1. The van der Waals surface area contributed by atoms with Gasteiger partial charge < -0.3 is 29.5 Å². The summed E-state index contributed by atoms with van der Waals surface area (Å²) in [5.74, 6) is -0.523. The fourth-order valence-electron chi connectivity index (χ4n) is 1.45. The summed E-state index contributed by atoms with van der Waals surface area (Å²) in [5.41, 5.74) is 0. The molecule has 1 fully saturated rings. The summed E-state index contributed by atoms with van der Waals surface area (Å²) in [7, 11) is 1.29. The van der Waals surface area contributed by atoms with Gasteiger partial charge in [-0.25, -0.2) is 0 Å². The average Bonchev–Trinajstić information content (AvgIpc) is 2.25. The van der Waals surface area contributed by atoms with E-state index in [9.17, 15) is 20.1 Å². The predicted octanol–water partition coefficient (Wildman–Crippen LogP) is -2.00. The predicted molar refractivity (Wildman–Crippen MR) is 50.3 cm³/mol. The molecule has 1 aliphatic heterocycles. The molecule has 0 saturated carbocycles. The van der Waals surface area contributed by atoms with Gasteiger partial charge in [-0.3, -0.25) is 4.79 Å². The molecule has 0 aromatic carbocycles. The van der Waals surface area contributed by atoms with E-state index in [2.05, 4.69) is 4.74 Å². The summed E-state index contributed by atoms with van der Waals surface area (Å²) in [5, 5.41) is 28.5. The summed E-state index contributed by atoms with van der Waals surface area (Å²) in [6.07, 6.45) is -6.06. The number of methoxy groups -OCH3 is 1. The molecule has 3 N–H and O–H groups in total. The lowest BCUT2D eigenvalue weighted by molar-refractivity contribution is -0.295. The number of carbonyl (C=O) groups excluding carboxylic acids is 1. The van der Waals surface area contributed by atoms with E-state index in [1.165, 1.54) is 14.0 Å². The van der Waals surface area contributed by atoms with Crippen molar-refractivity contribution in [3.63, 3.8) is 0 Å². The summed E-state index contributed by atoms with van der Waals surface area (Å²) in [6, 6.07) is 0. The lowest BCUT2D eigenvalue weighted by Gasteiger charge is -2.39. The first-order valence-corrected chi connectivity index (χ1v) is 4.83. The van der Waals surface area contributed by atoms with Crippen LogP contribution in [0.2, 0.25) is 0 Å². The second-order valence-electron chi connectivity index (χ2n) is 3.55. The van der Waals surface area contributed by atoms with E-state index in [1.54, 1.807) is 0 Å². The van der Waals surface area contributed by atoms with E-state index in [1.807, 2.05) is 0 Å². The zero-order valence-electron chi connectivity index (χ0n) is 9.07. The molecule has 7 heteroatoms. The maximum atomic E-state index is 10.6. The van der Waals surface area contributed by atoms with Gasteiger partial charge in [0.15, 0.2) is 6.29 Å². The van der Waals surface area contributed by atoms with Gasteiger partial charge in [-0.05, 0) is 0 Å². The Morgan fingerprint density at radius 3 is 2.38 bits per heavy atom. The van der Waals surface area contributed by atoms with Crippen molar-refractivity contribution >= 4 is 5.97 Å². The number of hydrogen-bond acceptors (Lipinski definition) is 7. The van der Waals surface area contributed by atoms with E-state index < -0.39 is 36.7 Å². The molecule has 0 aliphatic carbocycles. The highest BCUT2D eigenvalue weighted by Crippen LogP contribution is 2.21. The lowest BCUT2D eigenvalue weighted by Crippen LogP contribution is -2.59. The Morgan fingerprint density at radius 2 is 1.88 bits per heavy atom. The fraction of sp³-hybridized carbons (Fsp3) is 0.889. The van der Waals surface area contributed by atoms with Crippen molar-refractivity contribution in [1.82, 2.24) is 0 Å². The summed E-state index contributed by atoms with van der Waals surface area (Å²) in [4.78, 5) is 10.6. The third kappa shape index (κ3) is 2.89. The number of hydrogen-bond donors (Lipinski definition) is 3. The third-order valence-electron chi connectivity index (χ3n) is 2.35. The molecular weight excluding hydrogens is 220 g/mol. The SMILES string of the molecule is CO[C@@H]1O[C@H](COC(C)=O)[C@@H](O)[C@@H](O)[C@@H]1O. The van der Waals surface area contributed by atoms with Gasteiger partial charge in [0.25, 0.3) is 0 Å². The topological polar surface area (TPSA) is 105 Å². The van der Waals surface area contributed by atoms with Crippen molar-refractivity contribution in [1.29, 1.82) is 0 Å². The molecule has 0 unspecified atom stereocenters. The van der Waals surface area contributed by atoms with E-state index in [4.69, 9.17) is 9.47 Å². The molecule has 16 heavy (non-hydrogen) atoms. The van der Waals surface area contributed by atoms with Crippen LogP contribution in [0.5, 0.6) is 0 Å². The zero-order chi connectivity index (χ0) is 12.3. The molecule has 0 spiro atoms. The number of carbonyl (C=O) groups is 1. The van der Waals surface area contributed by atoms with Crippen LogP contribution in [-0.4, -0.2) is 65.7 Å². The number of aliphatic hydroxyl groups excluding tert-OH is 3. The van der Waals surface area contributed by atoms with Gasteiger partial charge in [-0.1, -0.05) is 0 Å². The van der Waals surface area contributed by atoms with Crippen LogP contribution < -0.4 is 0 Å². The average molecular weight is 236 g/mol. The Balaban J connectivity index is 2.60. The van der Waals surface area contributed by atoms with E-state index in [0.29, 0.717) is 0 Å². The zero-order valence-corrected chi connectivity index (χ0v) is 9.07. The number of aliphatic hydroxyl groups is 3. The fourth-order valence-corrected chi connectivity index (χ4v) is 1.45. The van der Waals surface area contributed by atoms with Gasteiger partial charge in [-0.2, -0.15) is 0 Å². The molecule has 1 heterocycles. The van der Waals surface area contributed by atoms with Gasteiger partial charge in [0.2, 0.25) is 0 Å². The van der Waals surface area contributed by atoms with Crippen LogP contribution in [-0.2, 0) is 19.0 Å². The second kappa shape index (κ2) is 5.55. The third-order valence-corrected chi connectivity index (χ3v) is 2.35. The lowest BCUT2D eigenvalue weighted by atomic mass is 9.99. The quantitative estimate of drug-likeness (QED) is 0.487. The van der Waals surface area contributed by atoms with Crippen LogP contribution in [0, 0.1) is 0 Å². The van der Waals surface area contributed by atoms with Crippen LogP contribution in [0.1, 0.15) is 6.92 Å². The molecule has 0 aromatic rings. The molecule has 0 amide bonds. The first kappa shape index (κ1) is 13.3. The van der Waals surface area contributed by atoms with Crippen molar-refractivity contribution < 1.29 is 34.3 Å². The van der Waals surface area contributed by atoms with Gasteiger partial charge in [-0.15, -0.1) is 0 Å². The molecular formula is C9H16O7. The smallest absolute Gasteiger partial charge is 0.302 e. The molecule has 1 rings (SSSR count). The van der Waals surface area contributed by atoms with E-state index >= 15 is 0 Å². The minimum atomic E-state index is -1.40. The molecule has 0 aromatic heterocycles. The van der Waals surface area contributed by atoms with Crippen molar-refractivity contribution in [3.8, 4) is 0 Å². The van der Waals surface area contributed by atoms with E-state index in [0.717, 1.165) is 0 Å². The Hall–Kier alpha value is -0.730. The monoisotopic (exact) mass is 236 g/mol. The maximum absolute atomic E-state index is 10.6. The Kier molecular flexibility index (Phi) is 4.63. The largest absolute Gasteiger partial charge is 0.463 e. The van der Waals surface area contributed by atoms with Crippen molar-refractivity contribution in [2.24, 2.45) is 0 Å². The van der Waals surface area contributed by atoms with Crippen LogP contribution in [0.4, 0.5) is 0 Å². The number of ether oxygens (including phenoxy) is 3. The number of esters is 1. The minimum Gasteiger partial charge on any atom is -0.463 e. The van der Waals surface area contributed by atoms with Crippen molar-refractivity contribution in [2.45, 2.75) is 37.6 Å².